The van der Waals surface area contributed by atoms with E-state index in [1.54, 1.807) is 43.3 Å². The van der Waals surface area contributed by atoms with E-state index in [4.69, 9.17) is 27.9 Å². The summed E-state index contributed by atoms with van der Waals surface area (Å²) in [6, 6.07) is 17.4. The normalized spacial score (nSPS) is 12.8. The number of methoxy groups -OCH3 is 1. The van der Waals surface area contributed by atoms with E-state index in [9.17, 15) is 14.2 Å². The van der Waals surface area contributed by atoms with Gasteiger partial charge in [0.15, 0.2) is 0 Å². The molecule has 0 bridgehead atoms. The highest BCUT2D eigenvalue weighted by atomic mass is 35.5. The number of rotatable bonds is 6. The zero-order valence-corrected chi connectivity index (χ0v) is 18.1. The monoisotopic (exact) mass is 446 g/mol. The van der Waals surface area contributed by atoms with Crippen molar-refractivity contribution in [2.24, 2.45) is 0 Å². The molecule has 3 aromatic rings. The van der Waals surface area contributed by atoms with Gasteiger partial charge in [0.25, 0.3) is 0 Å². The van der Waals surface area contributed by atoms with Crippen LogP contribution in [0.1, 0.15) is 26.3 Å². The maximum absolute atomic E-state index is 14.3. The van der Waals surface area contributed by atoms with Gasteiger partial charge in [-0.3, -0.25) is 9.59 Å². The summed E-state index contributed by atoms with van der Waals surface area (Å²) >= 11 is 12.5. The second kappa shape index (κ2) is 8.54. The largest absolute Gasteiger partial charge is 0.496 e. The quantitative estimate of drug-likeness (QED) is 0.437. The van der Waals surface area contributed by atoms with Crippen LogP contribution in [0.4, 0.5) is 0 Å². The van der Waals surface area contributed by atoms with Crippen LogP contribution in [0.25, 0.3) is 0 Å². The molecule has 0 fully saturated rings. The average molecular weight is 447 g/mol. The maximum atomic E-state index is 14.3. The predicted molar refractivity (Wildman–Crippen MR) is 117 cm³/mol. The van der Waals surface area contributed by atoms with Gasteiger partial charge in [0.2, 0.25) is 18.2 Å². The van der Waals surface area contributed by atoms with Crippen LogP contribution in [-0.2, 0) is 4.57 Å². The minimum absolute atomic E-state index is 0.0502. The van der Waals surface area contributed by atoms with Crippen molar-refractivity contribution in [1.29, 1.82) is 0 Å². The Kier molecular flexibility index (Phi) is 6.28. The summed E-state index contributed by atoms with van der Waals surface area (Å²) in [7, 11) is -2.97. The predicted octanol–water partition coefficient (Wildman–Crippen LogP) is 5.98. The molecule has 0 spiro atoms. The van der Waals surface area contributed by atoms with E-state index < -0.39 is 18.2 Å². The van der Waals surface area contributed by atoms with Crippen LogP contribution < -0.4 is 10.0 Å². The van der Waals surface area contributed by atoms with Crippen LogP contribution in [0.2, 0.25) is 10.0 Å². The Balaban J connectivity index is 2.31. The second-order valence-electron chi connectivity index (χ2n) is 6.30. The van der Waals surface area contributed by atoms with Crippen molar-refractivity contribution >= 4 is 46.7 Å². The summed E-state index contributed by atoms with van der Waals surface area (Å²) in [6.45, 7) is 1.68. The van der Waals surface area contributed by atoms with Crippen molar-refractivity contribution in [1.82, 2.24) is 0 Å². The van der Waals surface area contributed by atoms with E-state index in [0.717, 1.165) is 0 Å². The van der Waals surface area contributed by atoms with Crippen molar-refractivity contribution in [2.45, 2.75) is 6.92 Å². The van der Waals surface area contributed by atoms with E-state index in [1.165, 1.54) is 37.4 Å². The molecule has 1 unspecified atom stereocenters. The molecule has 0 saturated carbocycles. The summed E-state index contributed by atoms with van der Waals surface area (Å²) < 4.78 is 19.5. The molecule has 3 aromatic carbocycles. The van der Waals surface area contributed by atoms with Gasteiger partial charge in [-0.15, -0.1) is 0 Å². The van der Waals surface area contributed by atoms with Crippen molar-refractivity contribution in [3.05, 3.63) is 93.5 Å². The third kappa shape index (κ3) is 3.76. The second-order valence-corrected chi connectivity index (χ2v) is 9.67. The number of benzene rings is 3. The minimum atomic E-state index is -4.35. The molecule has 0 heterocycles. The fourth-order valence-electron chi connectivity index (χ4n) is 3.06. The molecule has 3 rings (SSSR count). The molecule has 4 nitrogen and oxygen atoms in total. The molecule has 0 aromatic heterocycles. The first-order valence-corrected chi connectivity index (χ1v) is 11.1. The first-order valence-electron chi connectivity index (χ1n) is 8.65. The Morgan fingerprint density at radius 1 is 0.793 bits per heavy atom. The Hall–Kier alpha value is -2.39. The minimum Gasteiger partial charge on any atom is -0.496 e. The molecule has 0 N–H and O–H groups in total. The Labute approximate surface area is 178 Å². The van der Waals surface area contributed by atoms with Gasteiger partial charge in [-0.1, -0.05) is 71.7 Å². The third-order valence-electron chi connectivity index (χ3n) is 4.54. The average Bonchev–Trinajstić information content (AvgIpc) is 2.72. The standard InChI is InChI=1S/C22H17Cl2O4P/c1-14-8-6-11-16(23)19(14)21(25)29(27,15-9-4-3-5-10-15)22(26)20-17(24)12-7-13-18(20)28-2/h3-13H,1-2H3. The summed E-state index contributed by atoms with van der Waals surface area (Å²) in [6.07, 6.45) is 0. The van der Waals surface area contributed by atoms with Crippen LogP contribution in [0, 0.1) is 6.92 Å². The maximum Gasteiger partial charge on any atom is 0.248 e. The molecular formula is C22H17Cl2O4P. The van der Waals surface area contributed by atoms with Crippen molar-refractivity contribution < 1.29 is 18.9 Å². The summed E-state index contributed by atoms with van der Waals surface area (Å²) in [5.74, 6) is 0.141. The van der Waals surface area contributed by atoms with Gasteiger partial charge in [0.1, 0.15) is 5.75 Å². The van der Waals surface area contributed by atoms with Gasteiger partial charge in [0.05, 0.1) is 22.7 Å². The van der Waals surface area contributed by atoms with Crippen molar-refractivity contribution in [3.8, 4) is 5.75 Å². The van der Waals surface area contributed by atoms with E-state index in [2.05, 4.69) is 0 Å². The van der Waals surface area contributed by atoms with E-state index in [1.807, 2.05) is 0 Å². The van der Waals surface area contributed by atoms with Crippen LogP contribution in [0.3, 0.4) is 0 Å². The van der Waals surface area contributed by atoms with E-state index in [0.29, 0.717) is 5.56 Å². The fourth-order valence-corrected chi connectivity index (χ4v) is 6.16. The molecule has 0 aliphatic carbocycles. The van der Waals surface area contributed by atoms with Crippen LogP contribution in [-0.4, -0.2) is 18.2 Å². The van der Waals surface area contributed by atoms with Gasteiger partial charge in [-0.25, -0.2) is 0 Å². The molecule has 29 heavy (non-hydrogen) atoms. The number of aryl methyl sites for hydroxylation is 1. The molecular weight excluding hydrogens is 430 g/mol. The molecule has 0 radical (unpaired) electrons. The van der Waals surface area contributed by atoms with Crippen LogP contribution >= 0.6 is 30.3 Å². The van der Waals surface area contributed by atoms with Crippen molar-refractivity contribution in [3.63, 3.8) is 0 Å². The topological polar surface area (TPSA) is 60.4 Å². The Morgan fingerprint density at radius 2 is 1.34 bits per heavy atom. The molecule has 7 heteroatoms. The summed E-state index contributed by atoms with van der Waals surface area (Å²) in [5.41, 5.74) is -1.24. The lowest BCUT2D eigenvalue weighted by molar-refractivity contribution is 0.103. The zero-order valence-electron chi connectivity index (χ0n) is 15.7. The Morgan fingerprint density at radius 3 is 1.93 bits per heavy atom. The van der Waals surface area contributed by atoms with Gasteiger partial charge >= 0.3 is 0 Å². The number of halogens is 2. The highest BCUT2D eigenvalue weighted by Gasteiger charge is 2.45. The highest BCUT2D eigenvalue weighted by Crippen LogP contribution is 2.54. The molecule has 1 atom stereocenters. The summed E-state index contributed by atoms with van der Waals surface area (Å²) in [5, 5.41) is 0.288. The van der Waals surface area contributed by atoms with Gasteiger partial charge < -0.3 is 9.30 Å². The van der Waals surface area contributed by atoms with E-state index in [-0.39, 0.29) is 32.2 Å². The number of hydrogen-bond acceptors (Lipinski definition) is 4. The van der Waals surface area contributed by atoms with Crippen molar-refractivity contribution in [2.75, 3.05) is 7.11 Å². The van der Waals surface area contributed by atoms with Crippen LogP contribution in [0.5, 0.6) is 5.75 Å². The molecule has 0 saturated heterocycles. The summed E-state index contributed by atoms with van der Waals surface area (Å²) in [4.78, 5) is 27.2. The van der Waals surface area contributed by atoms with Crippen LogP contribution in [0.15, 0.2) is 66.7 Å². The third-order valence-corrected chi connectivity index (χ3v) is 7.78. The fraction of sp³-hybridized carbons (Fsp3) is 0.0909. The lowest BCUT2D eigenvalue weighted by atomic mass is 10.1. The Bertz CT molecular complexity index is 1120. The lowest BCUT2D eigenvalue weighted by Crippen LogP contribution is -2.22. The van der Waals surface area contributed by atoms with Gasteiger partial charge in [-0.2, -0.15) is 0 Å². The zero-order chi connectivity index (χ0) is 21.2. The SMILES string of the molecule is COc1cccc(Cl)c1C(=O)P(=O)(C(=O)c1c(C)cccc1Cl)c1ccccc1. The first-order chi connectivity index (χ1) is 13.8. The smallest absolute Gasteiger partial charge is 0.248 e. The van der Waals surface area contributed by atoms with Gasteiger partial charge in [-0.05, 0) is 30.7 Å². The lowest BCUT2D eigenvalue weighted by Gasteiger charge is -2.20. The molecule has 0 aliphatic rings. The molecule has 0 amide bonds. The number of carbonyl (C=O) groups is 2. The molecule has 0 aliphatic heterocycles. The van der Waals surface area contributed by atoms with E-state index >= 15 is 0 Å². The first kappa shape index (κ1) is 21.3. The number of hydrogen-bond donors (Lipinski definition) is 0. The number of carbonyl (C=O) groups excluding carboxylic acids is 2. The highest BCUT2D eigenvalue weighted by molar-refractivity contribution is 8.01. The number of ether oxygens (including phenoxy) is 1. The molecule has 148 valence electrons. The van der Waals surface area contributed by atoms with Gasteiger partial charge in [0, 0.05) is 10.9 Å².